The Kier molecular flexibility index (Phi) is 7.04. The van der Waals surface area contributed by atoms with Crippen molar-refractivity contribution in [3.05, 3.63) is 65.4 Å². The van der Waals surface area contributed by atoms with Crippen LogP contribution in [0, 0.1) is 0 Å². The molecule has 0 aliphatic carbocycles. The first-order chi connectivity index (χ1) is 16.3. The number of aromatic nitrogens is 4. The Hall–Kier alpha value is -3.17. The SMILES string of the molecule is CCN(CC)CCNc1nccc(-c2c(-c3cccc(Cl)c3)nn3cc(C(F)(F)F)ccc23)n1. The van der Waals surface area contributed by atoms with Crippen LogP contribution in [0.2, 0.25) is 5.02 Å². The Labute approximate surface area is 200 Å². The number of alkyl halides is 3. The third kappa shape index (κ3) is 5.15. The van der Waals surface area contributed by atoms with Gasteiger partial charge in [-0.1, -0.05) is 37.6 Å². The number of benzene rings is 1. The van der Waals surface area contributed by atoms with Crippen LogP contribution in [-0.4, -0.2) is 50.7 Å². The van der Waals surface area contributed by atoms with Gasteiger partial charge in [0.15, 0.2) is 0 Å². The number of rotatable bonds is 8. The Balaban J connectivity index is 1.78. The molecule has 0 spiro atoms. The molecule has 6 nitrogen and oxygen atoms in total. The quantitative estimate of drug-likeness (QED) is 0.335. The topological polar surface area (TPSA) is 58.3 Å². The van der Waals surface area contributed by atoms with Crippen molar-refractivity contribution in [3.63, 3.8) is 0 Å². The lowest BCUT2D eigenvalue weighted by Gasteiger charge is -2.18. The third-order valence-corrected chi connectivity index (χ3v) is 5.81. The van der Waals surface area contributed by atoms with Crippen LogP contribution in [-0.2, 0) is 6.18 Å². The average Bonchev–Trinajstić information content (AvgIpc) is 3.20. The van der Waals surface area contributed by atoms with Crippen LogP contribution in [0.4, 0.5) is 19.1 Å². The molecule has 3 heterocycles. The van der Waals surface area contributed by atoms with Gasteiger partial charge >= 0.3 is 6.18 Å². The smallest absolute Gasteiger partial charge is 0.353 e. The van der Waals surface area contributed by atoms with E-state index in [0.29, 0.717) is 45.5 Å². The van der Waals surface area contributed by atoms with Gasteiger partial charge in [-0.2, -0.15) is 18.3 Å². The van der Waals surface area contributed by atoms with Crippen LogP contribution in [0.15, 0.2) is 54.9 Å². The van der Waals surface area contributed by atoms with Gasteiger partial charge in [0.1, 0.15) is 5.69 Å². The zero-order valence-corrected chi connectivity index (χ0v) is 19.5. The molecule has 0 aliphatic rings. The standard InChI is InChI=1S/C24H24ClF3N6/c1-3-33(4-2)13-12-30-23-29-11-10-19(31-23)21-20-9-8-17(24(26,27)28)15-34(20)32-22(21)16-6-5-7-18(25)14-16/h5-11,14-15H,3-4,12-13H2,1-2H3,(H,29,30,31). The lowest BCUT2D eigenvalue weighted by molar-refractivity contribution is -0.137. The minimum Gasteiger partial charge on any atom is -0.353 e. The van der Waals surface area contributed by atoms with E-state index in [1.54, 1.807) is 30.5 Å². The summed E-state index contributed by atoms with van der Waals surface area (Å²) < 4.78 is 41.2. The molecule has 34 heavy (non-hydrogen) atoms. The van der Waals surface area contributed by atoms with Crippen molar-refractivity contribution < 1.29 is 13.2 Å². The predicted molar refractivity (Wildman–Crippen MR) is 128 cm³/mol. The molecule has 4 rings (SSSR count). The van der Waals surface area contributed by atoms with Crippen LogP contribution in [0.1, 0.15) is 19.4 Å². The minimum absolute atomic E-state index is 0.438. The third-order valence-electron chi connectivity index (χ3n) is 5.57. The lowest BCUT2D eigenvalue weighted by atomic mass is 10.0. The van der Waals surface area contributed by atoms with Gasteiger partial charge in [0.05, 0.1) is 22.3 Å². The molecule has 0 atom stereocenters. The molecule has 0 fully saturated rings. The maximum absolute atomic E-state index is 13.3. The zero-order valence-electron chi connectivity index (χ0n) is 18.8. The van der Waals surface area contributed by atoms with Gasteiger partial charge in [0.2, 0.25) is 5.95 Å². The van der Waals surface area contributed by atoms with E-state index >= 15 is 0 Å². The number of halogens is 4. The van der Waals surface area contributed by atoms with Gasteiger partial charge < -0.3 is 10.2 Å². The van der Waals surface area contributed by atoms with Crippen LogP contribution < -0.4 is 5.32 Å². The largest absolute Gasteiger partial charge is 0.417 e. The second kappa shape index (κ2) is 9.99. The molecule has 0 unspecified atom stereocenters. The van der Waals surface area contributed by atoms with E-state index in [2.05, 4.69) is 39.1 Å². The number of nitrogens with zero attached hydrogens (tertiary/aromatic N) is 5. The summed E-state index contributed by atoms with van der Waals surface area (Å²) in [5.74, 6) is 0.438. The normalized spacial score (nSPS) is 12.0. The molecule has 0 saturated heterocycles. The summed E-state index contributed by atoms with van der Waals surface area (Å²) in [6.45, 7) is 7.61. The molecular formula is C24H24ClF3N6. The Morgan fingerprint density at radius 3 is 2.59 bits per heavy atom. The van der Waals surface area contributed by atoms with E-state index in [1.807, 2.05) is 6.07 Å². The van der Waals surface area contributed by atoms with Crippen molar-refractivity contribution in [2.24, 2.45) is 0 Å². The molecule has 0 saturated carbocycles. The number of hydrogen-bond donors (Lipinski definition) is 1. The van der Waals surface area contributed by atoms with Gasteiger partial charge in [-0.25, -0.2) is 14.5 Å². The van der Waals surface area contributed by atoms with Gasteiger partial charge in [0, 0.05) is 36.1 Å². The Bertz CT molecular complexity index is 1280. The van der Waals surface area contributed by atoms with E-state index in [0.717, 1.165) is 31.9 Å². The fraction of sp³-hybridized carbons (Fsp3) is 0.292. The summed E-state index contributed by atoms with van der Waals surface area (Å²) in [5, 5.41) is 8.21. The molecular weight excluding hydrogens is 465 g/mol. The highest BCUT2D eigenvalue weighted by Crippen LogP contribution is 2.37. The zero-order chi connectivity index (χ0) is 24.3. The Morgan fingerprint density at radius 2 is 1.88 bits per heavy atom. The number of hydrogen-bond acceptors (Lipinski definition) is 5. The van der Waals surface area contributed by atoms with Gasteiger partial charge in [-0.15, -0.1) is 0 Å². The van der Waals surface area contributed by atoms with Crippen molar-refractivity contribution in [1.82, 2.24) is 24.5 Å². The molecule has 10 heteroatoms. The highest BCUT2D eigenvalue weighted by molar-refractivity contribution is 6.30. The van der Waals surface area contributed by atoms with Crippen molar-refractivity contribution in [3.8, 4) is 22.5 Å². The van der Waals surface area contributed by atoms with Crippen LogP contribution in [0.25, 0.3) is 28.0 Å². The number of nitrogens with one attached hydrogen (secondary N) is 1. The van der Waals surface area contributed by atoms with Crippen molar-refractivity contribution in [2.45, 2.75) is 20.0 Å². The van der Waals surface area contributed by atoms with Crippen molar-refractivity contribution >= 4 is 23.1 Å². The highest BCUT2D eigenvalue weighted by Gasteiger charge is 2.31. The fourth-order valence-corrected chi connectivity index (χ4v) is 3.95. The van der Waals surface area contributed by atoms with Crippen LogP contribution >= 0.6 is 11.6 Å². The van der Waals surface area contributed by atoms with E-state index in [-0.39, 0.29) is 0 Å². The maximum Gasteiger partial charge on any atom is 0.417 e. The monoisotopic (exact) mass is 488 g/mol. The predicted octanol–water partition coefficient (Wildman–Crippen LogP) is 5.88. The molecule has 3 aromatic heterocycles. The second-order valence-corrected chi connectivity index (χ2v) is 8.13. The first kappa shape index (κ1) is 24.0. The first-order valence-electron chi connectivity index (χ1n) is 10.9. The summed E-state index contributed by atoms with van der Waals surface area (Å²) >= 11 is 6.19. The van der Waals surface area contributed by atoms with Gasteiger partial charge in [-0.05, 0) is 43.4 Å². The summed E-state index contributed by atoms with van der Waals surface area (Å²) in [5.41, 5.74) is 2.02. The number of pyridine rings is 1. The van der Waals surface area contributed by atoms with Crippen molar-refractivity contribution in [1.29, 1.82) is 0 Å². The Morgan fingerprint density at radius 1 is 1.09 bits per heavy atom. The molecule has 0 amide bonds. The van der Waals surface area contributed by atoms with Crippen LogP contribution in [0.5, 0.6) is 0 Å². The molecule has 4 aromatic rings. The molecule has 0 aliphatic heterocycles. The molecule has 0 bridgehead atoms. The summed E-state index contributed by atoms with van der Waals surface area (Å²) in [6, 6.07) is 11.2. The first-order valence-corrected chi connectivity index (χ1v) is 11.3. The molecule has 1 aromatic carbocycles. The van der Waals surface area contributed by atoms with Gasteiger partial charge in [-0.3, -0.25) is 0 Å². The summed E-state index contributed by atoms with van der Waals surface area (Å²) in [4.78, 5) is 11.2. The number of anilines is 1. The number of fused-ring (bicyclic) bond motifs is 1. The van der Waals surface area contributed by atoms with Crippen LogP contribution in [0.3, 0.4) is 0 Å². The van der Waals surface area contributed by atoms with E-state index in [4.69, 9.17) is 11.6 Å². The summed E-state index contributed by atoms with van der Waals surface area (Å²) in [6.07, 6.45) is -1.87. The average molecular weight is 489 g/mol. The van der Waals surface area contributed by atoms with E-state index in [1.165, 1.54) is 10.6 Å². The summed E-state index contributed by atoms with van der Waals surface area (Å²) in [7, 11) is 0. The molecule has 1 N–H and O–H groups in total. The lowest BCUT2D eigenvalue weighted by Crippen LogP contribution is -2.28. The van der Waals surface area contributed by atoms with Gasteiger partial charge in [0.25, 0.3) is 0 Å². The molecule has 0 radical (unpaired) electrons. The minimum atomic E-state index is -4.48. The van der Waals surface area contributed by atoms with Crippen molar-refractivity contribution in [2.75, 3.05) is 31.5 Å². The molecule has 178 valence electrons. The maximum atomic E-state index is 13.3. The fourth-order valence-electron chi connectivity index (χ4n) is 3.76. The second-order valence-electron chi connectivity index (χ2n) is 7.70. The van der Waals surface area contributed by atoms with E-state index in [9.17, 15) is 13.2 Å². The highest BCUT2D eigenvalue weighted by atomic mass is 35.5. The number of likely N-dealkylation sites (N-methyl/N-ethyl adjacent to an activating group) is 1. The van der Waals surface area contributed by atoms with E-state index < -0.39 is 11.7 Å².